The molecule has 1 aromatic carbocycles. The summed E-state index contributed by atoms with van der Waals surface area (Å²) < 4.78 is 24.4. The molecule has 1 aliphatic heterocycles. The summed E-state index contributed by atoms with van der Waals surface area (Å²) in [4.78, 5) is 14.7. The van der Waals surface area contributed by atoms with Crippen molar-refractivity contribution in [2.24, 2.45) is 0 Å². The second-order valence-electron chi connectivity index (χ2n) is 4.88. The maximum atomic E-state index is 12.0. The Morgan fingerprint density at radius 3 is 2.63 bits per heavy atom. The Bertz CT molecular complexity index is 774. The molecule has 7 heteroatoms. The Kier molecular flexibility index (Phi) is 2.67. The minimum atomic E-state index is -2.96. The van der Waals surface area contributed by atoms with E-state index in [-0.39, 0.29) is 29.0 Å². The van der Waals surface area contributed by atoms with Crippen molar-refractivity contribution in [3.8, 4) is 5.75 Å². The van der Waals surface area contributed by atoms with Crippen LogP contribution in [0.1, 0.15) is 18.9 Å². The third-order valence-corrected chi connectivity index (χ3v) is 5.31. The molecule has 0 saturated carbocycles. The average Bonchev–Trinajstić information content (AvgIpc) is 2.65. The Balaban J connectivity index is 2.08. The molecule has 0 spiro atoms. The number of H-pyrrole nitrogens is 1. The zero-order chi connectivity index (χ0) is 13.6. The van der Waals surface area contributed by atoms with Gasteiger partial charge in [-0.3, -0.25) is 4.57 Å². The SMILES string of the molecule is O=c1[nH]c2ccc(O)cc2n1C1CCS(=O)(=O)CC1. The lowest BCUT2D eigenvalue weighted by Gasteiger charge is -2.23. The van der Waals surface area contributed by atoms with Crippen molar-refractivity contribution in [2.75, 3.05) is 11.5 Å². The number of nitrogens with one attached hydrogen (secondary N) is 1. The summed E-state index contributed by atoms with van der Waals surface area (Å²) in [5, 5.41) is 9.52. The van der Waals surface area contributed by atoms with Gasteiger partial charge >= 0.3 is 5.69 Å². The third kappa shape index (κ3) is 2.14. The van der Waals surface area contributed by atoms with Crippen molar-refractivity contribution in [1.82, 2.24) is 9.55 Å². The highest BCUT2D eigenvalue weighted by atomic mass is 32.2. The zero-order valence-corrected chi connectivity index (χ0v) is 11.0. The number of aromatic amines is 1. The molecule has 1 fully saturated rings. The lowest BCUT2D eigenvalue weighted by Crippen LogP contribution is -2.30. The number of fused-ring (bicyclic) bond motifs is 1. The van der Waals surface area contributed by atoms with Crippen molar-refractivity contribution in [1.29, 1.82) is 0 Å². The largest absolute Gasteiger partial charge is 0.508 e. The Morgan fingerprint density at radius 2 is 1.95 bits per heavy atom. The highest BCUT2D eigenvalue weighted by molar-refractivity contribution is 7.91. The van der Waals surface area contributed by atoms with Crippen LogP contribution in [0.3, 0.4) is 0 Å². The lowest BCUT2D eigenvalue weighted by atomic mass is 10.1. The van der Waals surface area contributed by atoms with Gasteiger partial charge in [0.05, 0.1) is 22.5 Å². The van der Waals surface area contributed by atoms with Crippen molar-refractivity contribution in [2.45, 2.75) is 18.9 Å². The first kappa shape index (κ1) is 12.3. The third-order valence-electron chi connectivity index (χ3n) is 3.59. The summed E-state index contributed by atoms with van der Waals surface area (Å²) in [5.74, 6) is 0.300. The van der Waals surface area contributed by atoms with Crippen molar-refractivity contribution >= 4 is 20.9 Å². The minimum absolute atomic E-state index is 0.0867. The monoisotopic (exact) mass is 282 g/mol. The number of rotatable bonds is 1. The van der Waals surface area contributed by atoms with Crippen LogP contribution in [0.2, 0.25) is 0 Å². The molecule has 1 aromatic heterocycles. The minimum Gasteiger partial charge on any atom is -0.508 e. The van der Waals surface area contributed by atoms with Gasteiger partial charge < -0.3 is 10.1 Å². The first-order valence-corrected chi connectivity index (χ1v) is 7.92. The number of aromatic nitrogens is 2. The summed E-state index contributed by atoms with van der Waals surface area (Å²) in [6, 6.07) is 4.54. The summed E-state index contributed by atoms with van der Waals surface area (Å²) >= 11 is 0. The molecule has 0 atom stereocenters. The highest BCUT2D eigenvalue weighted by Crippen LogP contribution is 2.27. The molecule has 19 heavy (non-hydrogen) atoms. The molecular weight excluding hydrogens is 268 g/mol. The number of phenolic OH excluding ortho intramolecular Hbond substituents is 1. The molecule has 3 rings (SSSR count). The number of aromatic hydroxyl groups is 1. The Morgan fingerprint density at radius 1 is 1.26 bits per heavy atom. The predicted octanol–water partition coefficient (Wildman–Crippen LogP) is 0.785. The number of phenols is 1. The van der Waals surface area contributed by atoms with Gasteiger partial charge in [-0.05, 0) is 25.0 Å². The molecule has 2 heterocycles. The molecule has 2 aromatic rings. The Labute approximate surface area is 109 Å². The van der Waals surface area contributed by atoms with E-state index in [1.54, 1.807) is 10.6 Å². The van der Waals surface area contributed by atoms with E-state index in [4.69, 9.17) is 0 Å². The van der Waals surface area contributed by atoms with Crippen LogP contribution in [0, 0.1) is 0 Å². The topological polar surface area (TPSA) is 92.2 Å². The second kappa shape index (κ2) is 4.12. The number of hydrogen-bond acceptors (Lipinski definition) is 4. The van der Waals surface area contributed by atoms with E-state index in [1.807, 2.05) is 0 Å². The molecule has 0 unspecified atom stereocenters. The summed E-state index contributed by atoms with van der Waals surface area (Å²) in [6.07, 6.45) is 0.871. The summed E-state index contributed by atoms with van der Waals surface area (Å²) in [6.45, 7) is 0. The second-order valence-corrected chi connectivity index (χ2v) is 7.19. The van der Waals surface area contributed by atoms with Gasteiger partial charge in [-0.25, -0.2) is 13.2 Å². The van der Waals surface area contributed by atoms with E-state index < -0.39 is 9.84 Å². The van der Waals surface area contributed by atoms with Gasteiger partial charge in [0.15, 0.2) is 0 Å². The molecule has 0 radical (unpaired) electrons. The van der Waals surface area contributed by atoms with Crippen LogP contribution >= 0.6 is 0 Å². The normalized spacial score (nSPS) is 19.8. The van der Waals surface area contributed by atoms with Gasteiger partial charge in [-0.1, -0.05) is 0 Å². The van der Waals surface area contributed by atoms with Crippen LogP contribution in [0.25, 0.3) is 11.0 Å². The first-order chi connectivity index (χ1) is 8.96. The van der Waals surface area contributed by atoms with Crippen LogP contribution < -0.4 is 5.69 Å². The number of hydrogen-bond donors (Lipinski definition) is 2. The summed E-state index contributed by atoms with van der Waals surface area (Å²) in [7, 11) is -2.96. The predicted molar refractivity (Wildman–Crippen MR) is 71.1 cm³/mol. The van der Waals surface area contributed by atoms with Crippen LogP contribution in [0.4, 0.5) is 0 Å². The first-order valence-electron chi connectivity index (χ1n) is 6.10. The molecule has 0 aliphatic carbocycles. The quantitative estimate of drug-likeness (QED) is 0.808. The fourth-order valence-electron chi connectivity index (χ4n) is 2.61. The standard InChI is InChI=1S/C12H14N2O4S/c15-9-1-2-10-11(7-9)14(12(16)13-10)8-3-5-19(17,18)6-4-8/h1-2,7-8,15H,3-6H2,(H,13,16). The van der Waals surface area contributed by atoms with Crippen LogP contribution in [0.5, 0.6) is 5.75 Å². The van der Waals surface area contributed by atoms with E-state index in [2.05, 4.69) is 4.98 Å². The Hall–Kier alpha value is -1.76. The molecular formula is C12H14N2O4S. The van der Waals surface area contributed by atoms with Crippen molar-refractivity contribution in [3.63, 3.8) is 0 Å². The summed E-state index contributed by atoms with van der Waals surface area (Å²) in [5.41, 5.74) is 1.01. The number of benzene rings is 1. The van der Waals surface area contributed by atoms with Gasteiger partial charge in [-0.15, -0.1) is 0 Å². The van der Waals surface area contributed by atoms with Crippen LogP contribution in [-0.4, -0.2) is 34.6 Å². The van der Waals surface area contributed by atoms with Gasteiger partial charge in [0.1, 0.15) is 15.6 Å². The van der Waals surface area contributed by atoms with E-state index in [9.17, 15) is 18.3 Å². The fourth-order valence-corrected chi connectivity index (χ4v) is 4.07. The zero-order valence-electron chi connectivity index (χ0n) is 10.2. The molecule has 0 amide bonds. The molecule has 1 aliphatic rings. The molecule has 1 saturated heterocycles. The lowest BCUT2D eigenvalue weighted by molar-refractivity contribution is 0.448. The molecule has 2 N–H and O–H groups in total. The number of imidazole rings is 1. The average molecular weight is 282 g/mol. The van der Waals surface area contributed by atoms with E-state index in [1.165, 1.54) is 12.1 Å². The van der Waals surface area contributed by atoms with Gasteiger partial charge in [0.25, 0.3) is 0 Å². The molecule has 6 nitrogen and oxygen atoms in total. The number of sulfone groups is 1. The van der Waals surface area contributed by atoms with Crippen molar-refractivity contribution in [3.05, 3.63) is 28.7 Å². The van der Waals surface area contributed by atoms with E-state index >= 15 is 0 Å². The number of nitrogens with zero attached hydrogens (tertiary/aromatic N) is 1. The van der Waals surface area contributed by atoms with Gasteiger partial charge in [0, 0.05) is 12.1 Å². The van der Waals surface area contributed by atoms with E-state index in [0.717, 1.165) is 0 Å². The fraction of sp³-hybridized carbons (Fsp3) is 0.417. The van der Waals surface area contributed by atoms with Crippen LogP contribution in [0.15, 0.2) is 23.0 Å². The van der Waals surface area contributed by atoms with Gasteiger partial charge in [-0.2, -0.15) is 0 Å². The van der Waals surface area contributed by atoms with Crippen LogP contribution in [-0.2, 0) is 9.84 Å². The molecule has 102 valence electrons. The smallest absolute Gasteiger partial charge is 0.326 e. The van der Waals surface area contributed by atoms with Gasteiger partial charge in [0.2, 0.25) is 0 Å². The van der Waals surface area contributed by atoms with Crippen molar-refractivity contribution < 1.29 is 13.5 Å². The maximum absolute atomic E-state index is 12.0. The maximum Gasteiger partial charge on any atom is 0.326 e. The van der Waals surface area contributed by atoms with E-state index in [0.29, 0.717) is 23.9 Å². The highest BCUT2D eigenvalue weighted by Gasteiger charge is 2.26. The molecule has 0 bridgehead atoms.